The van der Waals surface area contributed by atoms with Crippen LogP contribution in [0.4, 0.5) is 0 Å². The van der Waals surface area contributed by atoms with Crippen molar-refractivity contribution in [3.8, 4) is 0 Å². The van der Waals surface area contributed by atoms with Gasteiger partial charge in [-0.1, -0.05) is 129 Å². The molecule has 0 bridgehead atoms. The Bertz CT molecular complexity index is 360. The van der Waals surface area contributed by atoms with Gasteiger partial charge in [-0.3, -0.25) is 0 Å². The second-order valence-electron chi connectivity index (χ2n) is 10.0. The summed E-state index contributed by atoms with van der Waals surface area (Å²) < 4.78 is 11.5. The average Bonchev–Trinajstić information content (AvgIpc) is 2.77. The zero-order valence-electron chi connectivity index (χ0n) is 21.3. The molecule has 3 atom stereocenters. The lowest BCUT2D eigenvalue weighted by atomic mass is 10.0. The van der Waals surface area contributed by atoms with Crippen molar-refractivity contribution in [2.75, 3.05) is 6.61 Å². The molecule has 1 heterocycles. The Kier molecular flexibility index (Phi) is 20.2. The lowest BCUT2D eigenvalue weighted by Gasteiger charge is -2.31. The van der Waals surface area contributed by atoms with E-state index in [1.54, 1.807) is 0 Å². The average molecular weight is 441 g/mol. The largest absolute Gasteiger partial charge is 0.390 e. The Labute approximate surface area is 195 Å². The predicted molar refractivity (Wildman–Crippen MR) is 134 cm³/mol. The van der Waals surface area contributed by atoms with E-state index >= 15 is 0 Å². The van der Waals surface area contributed by atoms with Crippen molar-refractivity contribution in [2.24, 2.45) is 0 Å². The van der Waals surface area contributed by atoms with Gasteiger partial charge in [0, 0.05) is 13.0 Å². The highest BCUT2D eigenvalue weighted by Gasteiger charge is 2.26. The van der Waals surface area contributed by atoms with Crippen LogP contribution in [0.2, 0.25) is 0 Å². The molecule has 0 spiro atoms. The molecular formula is C28H56O3. The highest BCUT2D eigenvalue weighted by molar-refractivity contribution is 4.71. The summed E-state index contributed by atoms with van der Waals surface area (Å²) in [4.78, 5) is 0. The first kappa shape index (κ1) is 28.9. The highest BCUT2D eigenvalue weighted by Crippen LogP contribution is 2.20. The van der Waals surface area contributed by atoms with Gasteiger partial charge in [-0.15, -0.1) is 0 Å². The van der Waals surface area contributed by atoms with Crippen LogP contribution < -0.4 is 0 Å². The van der Waals surface area contributed by atoms with E-state index < -0.39 is 0 Å². The summed E-state index contributed by atoms with van der Waals surface area (Å²) in [5.74, 6) is 0. The molecule has 1 rings (SSSR count). The molecule has 0 aliphatic carbocycles. The lowest BCUT2D eigenvalue weighted by molar-refractivity contribution is -0.217. The first-order valence-corrected chi connectivity index (χ1v) is 14.2. The summed E-state index contributed by atoms with van der Waals surface area (Å²) in [7, 11) is 0. The summed E-state index contributed by atoms with van der Waals surface area (Å²) in [6.07, 6.45) is 29.3. The van der Waals surface area contributed by atoms with Crippen molar-refractivity contribution >= 4 is 0 Å². The second-order valence-corrected chi connectivity index (χ2v) is 10.0. The molecule has 1 fully saturated rings. The van der Waals surface area contributed by atoms with Crippen molar-refractivity contribution in [2.45, 2.75) is 174 Å². The molecule has 1 aliphatic rings. The van der Waals surface area contributed by atoms with Gasteiger partial charge in [0.2, 0.25) is 0 Å². The standard InChI is InChI=1S/C28H56O3/c1-3-4-5-6-7-8-9-10-11-12-13-14-15-16-17-18-19-20-21-22-25-30-28-24-23-27(29)26(2)31-28/h26-29H,3-25H2,1-2H3/t26-,27?,28?/m0/s1. The minimum Gasteiger partial charge on any atom is -0.390 e. The van der Waals surface area contributed by atoms with Crippen LogP contribution in [0, 0.1) is 0 Å². The topological polar surface area (TPSA) is 38.7 Å². The maximum absolute atomic E-state index is 9.66. The third-order valence-electron chi connectivity index (χ3n) is 6.91. The number of aliphatic hydroxyl groups is 1. The number of hydrogen-bond acceptors (Lipinski definition) is 3. The fourth-order valence-corrected chi connectivity index (χ4v) is 4.63. The summed E-state index contributed by atoms with van der Waals surface area (Å²) in [6.45, 7) is 5.02. The monoisotopic (exact) mass is 440 g/mol. The summed E-state index contributed by atoms with van der Waals surface area (Å²) in [6, 6.07) is 0. The predicted octanol–water partition coefficient (Wildman–Crippen LogP) is 8.71. The van der Waals surface area contributed by atoms with Gasteiger partial charge in [0.1, 0.15) is 0 Å². The van der Waals surface area contributed by atoms with Crippen LogP contribution >= 0.6 is 0 Å². The normalized spacial score (nSPS) is 21.6. The van der Waals surface area contributed by atoms with E-state index in [1.807, 2.05) is 6.92 Å². The van der Waals surface area contributed by atoms with Crippen LogP contribution in [0.1, 0.15) is 155 Å². The number of aliphatic hydroxyl groups excluding tert-OH is 1. The summed E-state index contributed by atoms with van der Waals surface area (Å²) >= 11 is 0. The zero-order valence-corrected chi connectivity index (χ0v) is 21.3. The van der Waals surface area contributed by atoms with Crippen LogP contribution in [0.15, 0.2) is 0 Å². The third kappa shape index (κ3) is 18.0. The summed E-state index contributed by atoms with van der Waals surface area (Å²) in [5.41, 5.74) is 0. The Hall–Kier alpha value is -0.120. The smallest absolute Gasteiger partial charge is 0.158 e. The zero-order chi connectivity index (χ0) is 22.4. The number of hydrogen-bond donors (Lipinski definition) is 1. The molecule has 1 aliphatic heterocycles. The van der Waals surface area contributed by atoms with Crippen molar-refractivity contribution < 1.29 is 14.6 Å². The first-order chi connectivity index (χ1) is 15.2. The van der Waals surface area contributed by atoms with Crippen LogP contribution in [0.5, 0.6) is 0 Å². The molecule has 1 saturated heterocycles. The first-order valence-electron chi connectivity index (χ1n) is 14.2. The molecule has 0 aromatic heterocycles. The van der Waals surface area contributed by atoms with Gasteiger partial charge in [-0.2, -0.15) is 0 Å². The van der Waals surface area contributed by atoms with Crippen molar-refractivity contribution in [1.82, 2.24) is 0 Å². The molecule has 0 radical (unpaired) electrons. The van der Waals surface area contributed by atoms with Crippen LogP contribution in [0.25, 0.3) is 0 Å². The highest BCUT2D eigenvalue weighted by atomic mass is 16.7. The maximum Gasteiger partial charge on any atom is 0.158 e. The van der Waals surface area contributed by atoms with Gasteiger partial charge in [0.25, 0.3) is 0 Å². The van der Waals surface area contributed by atoms with Crippen LogP contribution in [-0.4, -0.2) is 30.2 Å². The van der Waals surface area contributed by atoms with Crippen molar-refractivity contribution in [1.29, 1.82) is 0 Å². The van der Waals surface area contributed by atoms with E-state index in [9.17, 15) is 5.11 Å². The van der Waals surface area contributed by atoms with E-state index in [0.29, 0.717) is 0 Å². The van der Waals surface area contributed by atoms with E-state index in [0.717, 1.165) is 25.9 Å². The molecule has 0 aromatic rings. The second kappa shape index (κ2) is 21.7. The molecule has 0 saturated carbocycles. The Morgan fingerprint density at radius 1 is 0.613 bits per heavy atom. The minimum atomic E-state index is -0.320. The molecule has 31 heavy (non-hydrogen) atoms. The SMILES string of the molecule is CCCCCCCCCCCCCCCCCCCCCCOC1CCC(O)[C@H](C)O1. The maximum atomic E-state index is 9.66. The molecule has 186 valence electrons. The molecule has 0 aromatic carbocycles. The minimum absolute atomic E-state index is 0.0892. The molecule has 1 N–H and O–H groups in total. The van der Waals surface area contributed by atoms with E-state index in [-0.39, 0.29) is 18.5 Å². The quantitative estimate of drug-likeness (QED) is 0.171. The van der Waals surface area contributed by atoms with Gasteiger partial charge in [0.05, 0.1) is 12.2 Å². The molecule has 0 amide bonds. The van der Waals surface area contributed by atoms with Gasteiger partial charge in [0.15, 0.2) is 6.29 Å². The summed E-state index contributed by atoms with van der Waals surface area (Å²) in [5, 5.41) is 9.66. The molecule has 3 nitrogen and oxygen atoms in total. The lowest BCUT2D eigenvalue weighted by Crippen LogP contribution is -2.38. The Morgan fingerprint density at radius 2 is 1.00 bits per heavy atom. The van der Waals surface area contributed by atoms with Crippen LogP contribution in [-0.2, 0) is 9.47 Å². The van der Waals surface area contributed by atoms with Gasteiger partial charge < -0.3 is 14.6 Å². The van der Waals surface area contributed by atoms with Gasteiger partial charge in [-0.25, -0.2) is 0 Å². The number of rotatable bonds is 22. The van der Waals surface area contributed by atoms with Gasteiger partial charge >= 0.3 is 0 Å². The van der Waals surface area contributed by atoms with E-state index in [4.69, 9.17) is 9.47 Å². The molecule has 3 heteroatoms. The Morgan fingerprint density at radius 3 is 1.39 bits per heavy atom. The fraction of sp³-hybridized carbons (Fsp3) is 1.00. The molecule has 2 unspecified atom stereocenters. The van der Waals surface area contributed by atoms with Crippen molar-refractivity contribution in [3.63, 3.8) is 0 Å². The fourth-order valence-electron chi connectivity index (χ4n) is 4.63. The third-order valence-corrected chi connectivity index (χ3v) is 6.91. The van der Waals surface area contributed by atoms with E-state index in [2.05, 4.69) is 6.92 Å². The van der Waals surface area contributed by atoms with Crippen molar-refractivity contribution in [3.05, 3.63) is 0 Å². The molecular weight excluding hydrogens is 384 g/mol. The number of ether oxygens (including phenoxy) is 2. The van der Waals surface area contributed by atoms with E-state index in [1.165, 1.54) is 122 Å². The van der Waals surface area contributed by atoms with Crippen LogP contribution in [0.3, 0.4) is 0 Å². The Balaban J connectivity index is 1.68. The van der Waals surface area contributed by atoms with Gasteiger partial charge in [-0.05, 0) is 19.8 Å². The number of unbranched alkanes of at least 4 members (excludes halogenated alkanes) is 19.